The van der Waals surface area contributed by atoms with E-state index in [9.17, 15) is 9.59 Å². The number of hydrogen-bond acceptors (Lipinski definition) is 3. The maximum Gasteiger partial charge on any atom is 0.242 e. The molecule has 0 aromatic heterocycles. The highest BCUT2D eigenvalue weighted by Gasteiger charge is 2.25. The number of amides is 2. The van der Waals surface area contributed by atoms with Gasteiger partial charge in [-0.15, -0.1) is 11.8 Å². The molecule has 2 aromatic rings. The molecule has 1 atom stereocenters. The summed E-state index contributed by atoms with van der Waals surface area (Å²) in [5.41, 5.74) is 3.41. The minimum absolute atomic E-state index is 0.00488. The lowest BCUT2D eigenvalue weighted by atomic mass is 10.1. The van der Waals surface area contributed by atoms with Crippen LogP contribution in [0.4, 0.5) is 0 Å². The summed E-state index contributed by atoms with van der Waals surface area (Å²) in [5.74, 6) is 0.597. The third kappa shape index (κ3) is 7.58. The number of nitrogens with one attached hydrogen (secondary N) is 1. The molecule has 0 fully saturated rings. The summed E-state index contributed by atoms with van der Waals surface area (Å²) in [5, 5.41) is 2.91. The molecule has 0 bridgehead atoms. The number of carbonyl (C=O) groups is 2. The van der Waals surface area contributed by atoms with Gasteiger partial charge in [0.05, 0.1) is 0 Å². The molecule has 0 radical (unpaired) electrons. The molecule has 0 aliphatic rings. The molecular weight excluding hydrogens is 380 g/mol. The molecule has 2 amide bonds. The molecular formula is C24H32N2O2S. The third-order valence-corrected chi connectivity index (χ3v) is 5.77. The van der Waals surface area contributed by atoms with Crippen LogP contribution in [0.5, 0.6) is 0 Å². The van der Waals surface area contributed by atoms with E-state index in [-0.39, 0.29) is 11.8 Å². The zero-order chi connectivity index (χ0) is 21.2. The molecule has 4 nitrogen and oxygen atoms in total. The molecule has 0 heterocycles. The monoisotopic (exact) mass is 412 g/mol. The molecule has 29 heavy (non-hydrogen) atoms. The molecule has 1 unspecified atom stereocenters. The second-order valence-electron chi connectivity index (χ2n) is 7.39. The summed E-state index contributed by atoms with van der Waals surface area (Å²) in [6, 6.07) is 15.9. The quantitative estimate of drug-likeness (QED) is 0.574. The number of hydrogen-bond donors (Lipinski definition) is 1. The van der Waals surface area contributed by atoms with E-state index in [1.165, 1.54) is 5.56 Å². The third-order valence-electron chi connectivity index (χ3n) is 4.76. The van der Waals surface area contributed by atoms with Gasteiger partial charge in [-0.3, -0.25) is 9.59 Å². The van der Waals surface area contributed by atoms with Gasteiger partial charge in [-0.1, -0.05) is 54.4 Å². The second kappa shape index (κ2) is 11.7. The van der Waals surface area contributed by atoms with Gasteiger partial charge in [0.1, 0.15) is 6.04 Å². The molecule has 0 aliphatic carbocycles. The van der Waals surface area contributed by atoms with Gasteiger partial charge in [-0.05, 0) is 44.9 Å². The van der Waals surface area contributed by atoms with E-state index in [4.69, 9.17) is 0 Å². The zero-order valence-electron chi connectivity index (χ0n) is 17.9. The summed E-state index contributed by atoms with van der Waals surface area (Å²) >= 11 is 1.67. The van der Waals surface area contributed by atoms with Crippen molar-refractivity contribution in [3.63, 3.8) is 0 Å². The Balaban J connectivity index is 2.04. The van der Waals surface area contributed by atoms with Gasteiger partial charge in [0.25, 0.3) is 0 Å². The number of rotatable bonds is 10. The Morgan fingerprint density at radius 1 is 1.07 bits per heavy atom. The Kier molecular flexibility index (Phi) is 9.26. The molecule has 0 aliphatic heterocycles. The van der Waals surface area contributed by atoms with Crippen LogP contribution in [0.3, 0.4) is 0 Å². The van der Waals surface area contributed by atoms with Crippen LogP contribution in [-0.2, 0) is 16.1 Å². The van der Waals surface area contributed by atoms with Gasteiger partial charge in [0, 0.05) is 30.2 Å². The van der Waals surface area contributed by atoms with Gasteiger partial charge < -0.3 is 10.2 Å². The topological polar surface area (TPSA) is 49.4 Å². The largest absolute Gasteiger partial charge is 0.354 e. The number of thioether (sulfide) groups is 1. The van der Waals surface area contributed by atoms with Crippen LogP contribution in [0.1, 0.15) is 43.4 Å². The summed E-state index contributed by atoms with van der Waals surface area (Å²) in [6.07, 6.45) is 1.27. The van der Waals surface area contributed by atoms with Crippen molar-refractivity contribution in [2.45, 2.75) is 58.0 Å². The normalized spacial score (nSPS) is 11.7. The fourth-order valence-corrected chi connectivity index (χ4v) is 3.86. The molecule has 0 spiro atoms. The first kappa shape index (κ1) is 23.0. The fourth-order valence-electron chi connectivity index (χ4n) is 3.02. The Morgan fingerprint density at radius 2 is 1.79 bits per heavy atom. The predicted molar refractivity (Wildman–Crippen MR) is 121 cm³/mol. The van der Waals surface area contributed by atoms with Crippen molar-refractivity contribution in [2.24, 2.45) is 0 Å². The van der Waals surface area contributed by atoms with Crippen molar-refractivity contribution in [3.8, 4) is 0 Å². The number of carbonyl (C=O) groups excluding carboxylic acids is 2. The van der Waals surface area contributed by atoms with Crippen LogP contribution in [0.25, 0.3) is 0 Å². The van der Waals surface area contributed by atoms with Crippen molar-refractivity contribution < 1.29 is 9.59 Å². The van der Waals surface area contributed by atoms with Crippen molar-refractivity contribution in [1.29, 1.82) is 0 Å². The summed E-state index contributed by atoms with van der Waals surface area (Å²) in [7, 11) is 0. The Morgan fingerprint density at radius 3 is 2.45 bits per heavy atom. The smallest absolute Gasteiger partial charge is 0.242 e. The van der Waals surface area contributed by atoms with Gasteiger partial charge in [-0.25, -0.2) is 0 Å². The lowest BCUT2D eigenvalue weighted by molar-refractivity contribution is -0.140. The van der Waals surface area contributed by atoms with E-state index in [2.05, 4.69) is 42.6 Å². The van der Waals surface area contributed by atoms with Crippen LogP contribution in [0, 0.1) is 13.8 Å². The number of aryl methyl sites for hydroxylation is 2. The first-order valence-corrected chi connectivity index (χ1v) is 11.2. The maximum absolute atomic E-state index is 13.0. The lowest BCUT2D eigenvalue weighted by Crippen LogP contribution is -2.47. The average Bonchev–Trinajstić information content (AvgIpc) is 2.71. The van der Waals surface area contributed by atoms with Crippen molar-refractivity contribution in [3.05, 3.63) is 65.2 Å². The molecule has 2 aromatic carbocycles. The van der Waals surface area contributed by atoms with Crippen LogP contribution in [0.15, 0.2) is 53.4 Å². The highest BCUT2D eigenvalue weighted by molar-refractivity contribution is 7.99. The molecule has 2 rings (SSSR count). The van der Waals surface area contributed by atoms with E-state index in [0.717, 1.165) is 22.4 Å². The lowest BCUT2D eigenvalue weighted by Gasteiger charge is -2.29. The number of benzene rings is 2. The van der Waals surface area contributed by atoms with Crippen molar-refractivity contribution >= 4 is 23.6 Å². The van der Waals surface area contributed by atoms with Gasteiger partial charge in [0.15, 0.2) is 0 Å². The van der Waals surface area contributed by atoms with Gasteiger partial charge in [-0.2, -0.15) is 0 Å². The van der Waals surface area contributed by atoms with Crippen LogP contribution in [0.2, 0.25) is 0 Å². The molecule has 156 valence electrons. The summed E-state index contributed by atoms with van der Waals surface area (Å²) in [4.78, 5) is 28.4. The van der Waals surface area contributed by atoms with E-state index in [0.29, 0.717) is 25.3 Å². The Labute approximate surface area is 179 Å². The SMILES string of the molecule is CCCNC(=O)C(C)N(Cc1cccc(C)c1)C(=O)CCSc1ccc(C)cc1. The van der Waals surface area contributed by atoms with E-state index in [1.807, 2.05) is 39.0 Å². The predicted octanol–water partition coefficient (Wildman–Crippen LogP) is 4.73. The summed E-state index contributed by atoms with van der Waals surface area (Å²) < 4.78 is 0. The standard InChI is InChI=1S/C24H32N2O2S/c1-5-14-25-24(28)20(4)26(17-21-8-6-7-19(3)16-21)23(27)13-15-29-22-11-9-18(2)10-12-22/h6-12,16,20H,5,13-15,17H2,1-4H3,(H,25,28). The minimum atomic E-state index is -0.501. The fraction of sp³-hybridized carbons (Fsp3) is 0.417. The van der Waals surface area contributed by atoms with E-state index >= 15 is 0 Å². The zero-order valence-corrected chi connectivity index (χ0v) is 18.7. The minimum Gasteiger partial charge on any atom is -0.354 e. The Hall–Kier alpha value is -2.27. The van der Waals surface area contributed by atoms with Crippen molar-refractivity contribution in [2.75, 3.05) is 12.3 Å². The Bertz CT molecular complexity index is 805. The molecule has 0 saturated carbocycles. The average molecular weight is 413 g/mol. The van der Waals surface area contributed by atoms with E-state index < -0.39 is 6.04 Å². The van der Waals surface area contributed by atoms with Crippen LogP contribution < -0.4 is 5.32 Å². The summed E-state index contributed by atoms with van der Waals surface area (Å²) in [6.45, 7) is 8.99. The highest BCUT2D eigenvalue weighted by Crippen LogP contribution is 2.20. The van der Waals surface area contributed by atoms with Crippen molar-refractivity contribution in [1.82, 2.24) is 10.2 Å². The molecule has 0 saturated heterocycles. The maximum atomic E-state index is 13.0. The molecule has 5 heteroatoms. The second-order valence-corrected chi connectivity index (χ2v) is 8.56. The molecule has 1 N–H and O–H groups in total. The van der Waals surface area contributed by atoms with Crippen LogP contribution in [-0.4, -0.2) is 35.1 Å². The van der Waals surface area contributed by atoms with E-state index in [1.54, 1.807) is 16.7 Å². The van der Waals surface area contributed by atoms with Gasteiger partial charge >= 0.3 is 0 Å². The van der Waals surface area contributed by atoms with Gasteiger partial charge in [0.2, 0.25) is 11.8 Å². The van der Waals surface area contributed by atoms with Crippen LogP contribution >= 0.6 is 11.8 Å². The first-order valence-electron chi connectivity index (χ1n) is 10.2. The number of nitrogens with zero attached hydrogens (tertiary/aromatic N) is 1. The highest BCUT2D eigenvalue weighted by atomic mass is 32.2. The first-order chi connectivity index (χ1) is 13.9.